The molecule has 21 heavy (non-hydrogen) atoms. The third kappa shape index (κ3) is 3.32. The lowest BCUT2D eigenvalue weighted by atomic mass is 10.2. The largest absolute Gasteiger partial charge is 0.355 e. The van der Waals surface area contributed by atoms with Crippen LogP contribution in [0.2, 0.25) is 5.02 Å². The van der Waals surface area contributed by atoms with Gasteiger partial charge in [-0.2, -0.15) is 0 Å². The Morgan fingerprint density at radius 2 is 2.19 bits per heavy atom. The number of thiophene rings is 1. The molecule has 0 fully saturated rings. The molecule has 0 spiro atoms. The summed E-state index contributed by atoms with van der Waals surface area (Å²) >= 11 is 7.44. The van der Waals surface area contributed by atoms with Gasteiger partial charge >= 0.3 is 0 Å². The molecule has 2 heterocycles. The number of carbonyl (C=O) groups is 1. The predicted octanol–water partition coefficient (Wildman–Crippen LogP) is 3.99. The molecule has 1 aromatic carbocycles. The van der Waals surface area contributed by atoms with Crippen LogP contribution in [0.25, 0.3) is 10.6 Å². The van der Waals surface area contributed by atoms with Crippen LogP contribution in [0, 0.1) is 0 Å². The van der Waals surface area contributed by atoms with E-state index < -0.39 is 0 Å². The molecule has 0 aliphatic carbocycles. The van der Waals surface area contributed by atoms with Crippen LogP contribution in [0.3, 0.4) is 0 Å². The highest BCUT2D eigenvalue weighted by Gasteiger charge is 2.10. The summed E-state index contributed by atoms with van der Waals surface area (Å²) in [5, 5.41) is 9.23. The maximum atomic E-state index is 12.0. The number of carbonyl (C=O) groups excluding carboxylic acids is 1. The van der Waals surface area contributed by atoms with Crippen molar-refractivity contribution in [2.45, 2.75) is 6.54 Å². The smallest absolute Gasteiger partial charge is 0.251 e. The van der Waals surface area contributed by atoms with Crippen LogP contribution in [0.4, 0.5) is 0 Å². The van der Waals surface area contributed by atoms with Gasteiger partial charge in [0.15, 0.2) is 5.76 Å². The van der Waals surface area contributed by atoms with E-state index in [1.807, 2.05) is 23.6 Å². The molecule has 0 bridgehead atoms. The molecular formula is C15H11ClN2O2S. The number of nitrogens with zero attached hydrogens (tertiary/aromatic N) is 1. The lowest BCUT2D eigenvalue weighted by Gasteiger charge is -2.02. The minimum absolute atomic E-state index is 0.196. The van der Waals surface area contributed by atoms with E-state index >= 15 is 0 Å². The second kappa shape index (κ2) is 6.11. The molecule has 3 rings (SSSR count). The number of nitrogens with one attached hydrogen (secondary N) is 1. The summed E-state index contributed by atoms with van der Waals surface area (Å²) in [7, 11) is 0. The third-order valence-electron chi connectivity index (χ3n) is 2.84. The summed E-state index contributed by atoms with van der Waals surface area (Å²) in [5.41, 5.74) is 1.19. The summed E-state index contributed by atoms with van der Waals surface area (Å²) in [5.74, 6) is 0.509. The van der Waals surface area contributed by atoms with Crippen molar-refractivity contribution in [3.63, 3.8) is 0 Å². The molecule has 0 saturated heterocycles. The summed E-state index contributed by atoms with van der Waals surface area (Å²) in [6.45, 7) is 0.306. The van der Waals surface area contributed by atoms with Crippen molar-refractivity contribution in [2.24, 2.45) is 0 Å². The van der Waals surface area contributed by atoms with Gasteiger partial charge in [0.25, 0.3) is 5.91 Å². The zero-order valence-corrected chi connectivity index (χ0v) is 12.4. The molecule has 1 N–H and O–H groups in total. The van der Waals surface area contributed by atoms with Gasteiger partial charge in [-0.25, -0.2) is 0 Å². The Labute approximate surface area is 130 Å². The lowest BCUT2D eigenvalue weighted by Crippen LogP contribution is -2.22. The zero-order chi connectivity index (χ0) is 14.7. The first-order valence-electron chi connectivity index (χ1n) is 6.25. The van der Waals surface area contributed by atoms with Crippen molar-refractivity contribution < 1.29 is 9.32 Å². The van der Waals surface area contributed by atoms with Gasteiger partial charge in [0.1, 0.15) is 5.69 Å². The van der Waals surface area contributed by atoms with Crippen LogP contribution >= 0.6 is 22.9 Å². The number of hydrogen-bond donors (Lipinski definition) is 1. The van der Waals surface area contributed by atoms with Crippen LogP contribution in [0.15, 0.2) is 52.4 Å². The van der Waals surface area contributed by atoms with Crippen molar-refractivity contribution in [2.75, 3.05) is 0 Å². The Morgan fingerprint density at radius 3 is 2.95 bits per heavy atom. The van der Waals surface area contributed by atoms with Gasteiger partial charge in [-0.3, -0.25) is 4.79 Å². The highest BCUT2D eigenvalue weighted by molar-refractivity contribution is 7.13. The topological polar surface area (TPSA) is 55.1 Å². The summed E-state index contributed by atoms with van der Waals surface area (Å²) in [6, 6.07) is 12.5. The van der Waals surface area contributed by atoms with Crippen molar-refractivity contribution in [3.05, 3.63) is 64.1 Å². The molecule has 6 heteroatoms. The number of amides is 1. The Bertz CT molecular complexity index is 753. The Hall–Kier alpha value is -2.11. The fourth-order valence-corrected chi connectivity index (χ4v) is 2.70. The van der Waals surface area contributed by atoms with E-state index in [4.69, 9.17) is 16.1 Å². The van der Waals surface area contributed by atoms with Gasteiger partial charge in [-0.1, -0.05) is 28.9 Å². The normalized spacial score (nSPS) is 10.5. The molecule has 0 aliphatic rings. The SMILES string of the molecule is O=C(NCc1cc(-c2cccs2)on1)c1cccc(Cl)c1. The van der Waals surface area contributed by atoms with E-state index in [1.165, 1.54) is 0 Å². The lowest BCUT2D eigenvalue weighted by molar-refractivity contribution is 0.0950. The molecule has 2 aromatic heterocycles. The van der Waals surface area contributed by atoms with Crippen LogP contribution < -0.4 is 5.32 Å². The second-order valence-electron chi connectivity index (χ2n) is 4.35. The van der Waals surface area contributed by atoms with Crippen molar-refractivity contribution in [3.8, 4) is 10.6 Å². The van der Waals surface area contributed by atoms with E-state index in [0.717, 1.165) is 4.88 Å². The van der Waals surface area contributed by atoms with Crippen molar-refractivity contribution >= 4 is 28.8 Å². The number of rotatable bonds is 4. The predicted molar refractivity (Wildman–Crippen MR) is 82.4 cm³/mol. The molecule has 106 valence electrons. The highest BCUT2D eigenvalue weighted by atomic mass is 35.5. The molecule has 0 unspecified atom stereocenters. The van der Waals surface area contributed by atoms with Crippen LogP contribution in [0.1, 0.15) is 16.1 Å². The van der Waals surface area contributed by atoms with Gasteiger partial charge < -0.3 is 9.84 Å². The highest BCUT2D eigenvalue weighted by Crippen LogP contribution is 2.25. The third-order valence-corrected chi connectivity index (χ3v) is 3.96. The van der Waals surface area contributed by atoms with Crippen molar-refractivity contribution in [1.82, 2.24) is 10.5 Å². The molecule has 0 radical (unpaired) electrons. The van der Waals surface area contributed by atoms with E-state index in [2.05, 4.69) is 10.5 Å². The fourth-order valence-electron chi connectivity index (χ4n) is 1.83. The quantitative estimate of drug-likeness (QED) is 0.791. The molecular weight excluding hydrogens is 308 g/mol. The van der Waals surface area contributed by atoms with Gasteiger partial charge in [-0.15, -0.1) is 11.3 Å². The van der Waals surface area contributed by atoms with E-state index in [9.17, 15) is 4.79 Å². The zero-order valence-electron chi connectivity index (χ0n) is 10.9. The van der Waals surface area contributed by atoms with Crippen LogP contribution in [-0.4, -0.2) is 11.1 Å². The van der Waals surface area contributed by atoms with Gasteiger partial charge in [0.05, 0.1) is 11.4 Å². The van der Waals surface area contributed by atoms with E-state index in [-0.39, 0.29) is 5.91 Å². The Morgan fingerprint density at radius 1 is 1.29 bits per heavy atom. The van der Waals surface area contributed by atoms with Crippen molar-refractivity contribution in [1.29, 1.82) is 0 Å². The standard InChI is InChI=1S/C15H11ClN2O2S/c16-11-4-1-3-10(7-11)15(19)17-9-12-8-13(20-18-12)14-5-2-6-21-14/h1-8H,9H2,(H,17,19). The summed E-state index contributed by atoms with van der Waals surface area (Å²) in [4.78, 5) is 13.0. The molecule has 1 amide bonds. The molecule has 0 atom stereocenters. The average Bonchev–Trinajstić information content (AvgIpc) is 3.15. The molecule has 3 aromatic rings. The first-order valence-corrected chi connectivity index (χ1v) is 7.51. The number of hydrogen-bond acceptors (Lipinski definition) is 4. The fraction of sp³-hybridized carbons (Fsp3) is 0.0667. The molecule has 4 nitrogen and oxygen atoms in total. The second-order valence-corrected chi connectivity index (χ2v) is 5.74. The minimum Gasteiger partial charge on any atom is -0.355 e. The van der Waals surface area contributed by atoms with Crippen LogP contribution in [-0.2, 0) is 6.54 Å². The van der Waals surface area contributed by atoms with Gasteiger partial charge in [0.2, 0.25) is 0 Å². The Balaban J connectivity index is 1.64. The summed E-state index contributed by atoms with van der Waals surface area (Å²) < 4.78 is 5.25. The minimum atomic E-state index is -0.196. The van der Waals surface area contributed by atoms with Gasteiger partial charge in [-0.05, 0) is 29.6 Å². The maximum absolute atomic E-state index is 12.0. The first-order chi connectivity index (χ1) is 10.2. The van der Waals surface area contributed by atoms with E-state index in [1.54, 1.807) is 35.6 Å². The summed E-state index contributed by atoms with van der Waals surface area (Å²) in [6.07, 6.45) is 0. The Kier molecular flexibility index (Phi) is 4.03. The monoisotopic (exact) mass is 318 g/mol. The van der Waals surface area contributed by atoms with Gasteiger partial charge in [0, 0.05) is 16.7 Å². The number of aromatic nitrogens is 1. The first kappa shape index (κ1) is 13.9. The maximum Gasteiger partial charge on any atom is 0.251 e. The van der Waals surface area contributed by atoms with E-state index in [0.29, 0.717) is 28.6 Å². The molecule has 0 aliphatic heterocycles. The van der Waals surface area contributed by atoms with Crippen LogP contribution in [0.5, 0.6) is 0 Å². The number of halogens is 1. The molecule has 0 saturated carbocycles. The number of benzene rings is 1. The average molecular weight is 319 g/mol.